The topological polar surface area (TPSA) is 58.8 Å². The van der Waals surface area contributed by atoms with Crippen LogP contribution >= 0.6 is 11.6 Å². The third-order valence-corrected chi connectivity index (χ3v) is 5.19. The molecule has 0 atom stereocenters. The van der Waals surface area contributed by atoms with Crippen molar-refractivity contribution in [2.75, 3.05) is 38.3 Å². The van der Waals surface area contributed by atoms with Gasteiger partial charge in [-0.25, -0.2) is 0 Å². The van der Waals surface area contributed by atoms with Gasteiger partial charge in [-0.15, -0.1) is 0 Å². The van der Waals surface area contributed by atoms with E-state index in [2.05, 4.69) is 34.3 Å². The molecule has 0 unspecified atom stereocenters. The number of hydrogen-bond acceptors (Lipinski definition) is 5. The Morgan fingerprint density at radius 3 is 2.48 bits per heavy atom. The Morgan fingerprint density at radius 1 is 1.10 bits per heavy atom. The largest absolute Gasteiger partial charge is 0.378 e. The van der Waals surface area contributed by atoms with Crippen LogP contribution in [0.5, 0.6) is 0 Å². The van der Waals surface area contributed by atoms with E-state index in [1.807, 2.05) is 12.1 Å². The molecule has 1 amide bonds. The molecule has 1 saturated heterocycles. The van der Waals surface area contributed by atoms with Gasteiger partial charge in [-0.3, -0.25) is 4.79 Å². The van der Waals surface area contributed by atoms with E-state index in [0.717, 1.165) is 37.4 Å². The van der Waals surface area contributed by atoms with E-state index in [9.17, 15) is 4.79 Å². The van der Waals surface area contributed by atoms with Crippen molar-refractivity contribution < 1.29 is 14.1 Å². The molecule has 1 aliphatic heterocycles. The summed E-state index contributed by atoms with van der Waals surface area (Å²) in [5.74, 6) is 0.347. The van der Waals surface area contributed by atoms with Crippen molar-refractivity contribution in [3.63, 3.8) is 0 Å². The number of amides is 1. The zero-order valence-corrected chi connectivity index (χ0v) is 16.9. The van der Waals surface area contributed by atoms with Gasteiger partial charge in [0.1, 0.15) is 0 Å². The van der Waals surface area contributed by atoms with Gasteiger partial charge in [0.25, 0.3) is 5.91 Å². The van der Waals surface area contributed by atoms with Crippen molar-refractivity contribution in [1.29, 1.82) is 0 Å². The van der Waals surface area contributed by atoms with Crippen molar-refractivity contribution >= 4 is 23.2 Å². The van der Waals surface area contributed by atoms with E-state index >= 15 is 0 Å². The summed E-state index contributed by atoms with van der Waals surface area (Å²) in [6, 6.07) is 17.1. The first-order valence-electron chi connectivity index (χ1n) is 9.50. The maximum Gasteiger partial charge on any atom is 0.276 e. The molecule has 1 aliphatic rings. The second-order valence-corrected chi connectivity index (χ2v) is 7.45. The van der Waals surface area contributed by atoms with Gasteiger partial charge in [-0.2, -0.15) is 0 Å². The van der Waals surface area contributed by atoms with Crippen LogP contribution in [0.15, 0.2) is 59.1 Å². The predicted molar refractivity (Wildman–Crippen MR) is 112 cm³/mol. The fraction of sp³-hybridized carbons (Fsp3) is 0.273. The molecule has 6 nitrogen and oxygen atoms in total. The van der Waals surface area contributed by atoms with E-state index in [1.165, 1.54) is 5.69 Å². The number of nitrogens with zero attached hydrogens (tertiary/aromatic N) is 3. The number of benzene rings is 2. The Hall–Kier alpha value is -2.83. The fourth-order valence-electron chi connectivity index (χ4n) is 3.30. The van der Waals surface area contributed by atoms with Gasteiger partial charge < -0.3 is 19.1 Å². The summed E-state index contributed by atoms with van der Waals surface area (Å²) in [6.07, 6.45) is 0. The van der Waals surface area contributed by atoms with E-state index in [-0.39, 0.29) is 11.6 Å². The molecule has 4 rings (SSSR count). The van der Waals surface area contributed by atoms with Gasteiger partial charge in [0, 0.05) is 49.0 Å². The van der Waals surface area contributed by atoms with Crippen LogP contribution < -0.4 is 4.90 Å². The maximum absolute atomic E-state index is 12.7. The molecular weight excluding hydrogens is 390 g/mol. The number of carbonyl (C=O) groups is 1. The molecule has 1 fully saturated rings. The van der Waals surface area contributed by atoms with Crippen LogP contribution in [0.3, 0.4) is 0 Å². The number of halogens is 1. The minimum absolute atomic E-state index is 0.189. The first-order chi connectivity index (χ1) is 14.1. The average Bonchev–Trinajstić information content (AvgIpc) is 3.25. The summed E-state index contributed by atoms with van der Waals surface area (Å²) < 4.78 is 10.7. The summed E-state index contributed by atoms with van der Waals surface area (Å²) in [7, 11) is 1.76. The fourth-order valence-corrected chi connectivity index (χ4v) is 3.43. The average molecular weight is 412 g/mol. The first kappa shape index (κ1) is 19.5. The minimum atomic E-state index is -0.189. The van der Waals surface area contributed by atoms with Crippen molar-refractivity contribution in [3.05, 3.63) is 70.9 Å². The Bertz CT molecular complexity index is 964. The monoisotopic (exact) mass is 411 g/mol. The normalized spacial score (nSPS) is 14.1. The summed E-state index contributed by atoms with van der Waals surface area (Å²) in [4.78, 5) is 16.7. The van der Waals surface area contributed by atoms with Crippen molar-refractivity contribution in [2.24, 2.45) is 0 Å². The van der Waals surface area contributed by atoms with E-state index in [0.29, 0.717) is 17.3 Å². The van der Waals surface area contributed by atoms with Crippen LogP contribution in [-0.2, 0) is 11.3 Å². The quantitative estimate of drug-likeness (QED) is 0.632. The lowest BCUT2D eigenvalue weighted by Gasteiger charge is -2.29. The van der Waals surface area contributed by atoms with Crippen molar-refractivity contribution in [1.82, 2.24) is 10.1 Å². The van der Waals surface area contributed by atoms with E-state index in [1.54, 1.807) is 30.1 Å². The molecule has 150 valence electrons. The second-order valence-electron chi connectivity index (χ2n) is 7.01. The summed E-state index contributed by atoms with van der Waals surface area (Å²) >= 11 is 5.91. The highest BCUT2D eigenvalue weighted by Gasteiger charge is 2.18. The molecular formula is C22H22ClN3O3. The van der Waals surface area contributed by atoms with E-state index in [4.69, 9.17) is 20.9 Å². The molecule has 3 aromatic rings. The smallest absolute Gasteiger partial charge is 0.276 e. The zero-order chi connectivity index (χ0) is 20.2. The summed E-state index contributed by atoms with van der Waals surface area (Å²) in [5, 5.41) is 4.58. The van der Waals surface area contributed by atoms with Crippen LogP contribution in [0.1, 0.15) is 16.1 Å². The molecule has 0 spiro atoms. The molecule has 0 aliphatic carbocycles. The standard InChI is InChI=1S/C22H22ClN3O3/c1-25(15-16-2-8-19(9-3-16)26-10-12-28-13-11-26)22(27)20-14-21(29-24-20)17-4-6-18(23)7-5-17/h2-9,14H,10-13,15H2,1H3. The predicted octanol–water partition coefficient (Wildman–Crippen LogP) is 4.10. The van der Waals surface area contributed by atoms with Crippen LogP contribution in [0.2, 0.25) is 5.02 Å². The lowest BCUT2D eigenvalue weighted by atomic mass is 10.1. The number of ether oxygens (including phenoxy) is 1. The van der Waals surface area contributed by atoms with Gasteiger partial charge in [0.15, 0.2) is 11.5 Å². The zero-order valence-electron chi connectivity index (χ0n) is 16.2. The van der Waals surface area contributed by atoms with Crippen molar-refractivity contribution in [3.8, 4) is 11.3 Å². The minimum Gasteiger partial charge on any atom is -0.378 e. The molecule has 0 bridgehead atoms. The number of carbonyl (C=O) groups excluding carboxylic acids is 1. The van der Waals surface area contributed by atoms with Crippen LogP contribution in [0, 0.1) is 0 Å². The molecule has 2 heterocycles. The van der Waals surface area contributed by atoms with Gasteiger partial charge >= 0.3 is 0 Å². The molecule has 29 heavy (non-hydrogen) atoms. The van der Waals surface area contributed by atoms with Gasteiger partial charge in [-0.1, -0.05) is 28.9 Å². The molecule has 0 N–H and O–H groups in total. The van der Waals surface area contributed by atoms with Crippen molar-refractivity contribution in [2.45, 2.75) is 6.54 Å². The molecule has 0 saturated carbocycles. The number of hydrogen-bond donors (Lipinski definition) is 0. The molecule has 7 heteroatoms. The van der Waals surface area contributed by atoms with Gasteiger partial charge in [-0.05, 0) is 42.0 Å². The third-order valence-electron chi connectivity index (χ3n) is 4.94. The summed E-state index contributed by atoms with van der Waals surface area (Å²) in [5.41, 5.74) is 3.33. The van der Waals surface area contributed by atoms with Crippen LogP contribution in [0.4, 0.5) is 5.69 Å². The number of morpholine rings is 1. The highest BCUT2D eigenvalue weighted by atomic mass is 35.5. The van der Waals surface area contributed by atoms with Crippen LogP contribution in [-0.4, -0.2) is 49.3 Å². The molecule has 2 aromatic carbocycles. The Kier molecular flexibility index (Phi) is 5.83. The third kappa shape index (κ3) is 4.60. The molecule has 0 radical (unpaired) electrons. The number of aromatic nitrogens is 1. The molecule has 1 aromatic heterocycles. The van der Waals surface area contributed by atoms with E-state index < -0.39 is 0 Å². The van der Waals surface area contributed by atoms with Gasteiger partial charge in [0.05, 0.1) is 13.2 Å². The maximum atomic E-state index is 12.7. The Labute approximate surface area is 174 Å². The van der Waals surface area contributed by atoms with Gasteiger partial charge in [0.2, 0.25) is 0 Å². The number of rotatable bonds is 5. The summed E-state index contributed by atoms with van der Waals surface area (Å²) in [6.45, 7) is 3.81. The lowest BCUT2D eigenvalue weighted by Crippen LogP contribution is -2.36. The SMILES string of the molecule is CN(Cc1ccc(N2CCOCC2)cc1)C(=O)c1cc(-c2ccc(Cl)cc2)on1. The number of anilines is 1. The highest BCUT2D eigenvalue weighted by Crippen LogP contribution is 2.23. The first-order valence-corrected chi connectivity index (χ1v) is 9.88. The highest BCUT2D eigenvalue weighted by molar-refractivity contribution is 6.30. The second kappa shape index (κ2) is 8.68. The van der Waals surface area contributed by atoms with Crippen LogP contribution in [0.25, 0.3) is 11.3 Å². The Balaban J connectivity index is 1.40. The lowest BCUT2D eigenvalue weighted by molar-refractivity contribution is 0.0775. The Morgan fingerprint density at radius 2 is 1.79 bits per heavy atom.